The van der Waals surface area contributed by atoms with Gasteiger partial charge in [0.15, 0.2) is 0 Å². The zero-order chi connectivity index (χ0) is 18.3. The zero-order valence-electron chi connectivity index (χ0n) is 14.5. The summed E-state index contributed by atoms with van der Waals surface area (Å²) in [6.45, 7) is 1.36. The lowest BCUT2D eigenvalue weighted by Crippen LogP contribution is -2.32. The average Bonchev–Trinajstić information content (AvgIpc) is 3.28. The number of carbonyl (C=O) groups is 1. The number of hydrogen-bond acceptors (Lipinski definition) is 5. The molecule has 26 heavy (non-hydrogen) atoms. The van der Waals surface area contributed by atoms with Crippen molar-refractivity contribution >= 4 is 16.8 Å². The molecule has 0 radical (unpaired) electrons. The minimum absolute atomic E-state index is 0.0687. The van der Waals surface area contributed by atoms with E-state index in [1.807, 2.05) is 18.2 Å². The van der Waals surface area contributed by atoms with Gasteiger partial charge in [-0.25, -0.2) is 4.98 Å². The van der Waals surface area contributed by atoms with Crippen LogP contribution in [0.1, 0.15) is 28.6 Å². The van der Waals surface area contributed by atoms with Gasteiger partial charge in [-0.15, -0.1) is 0 Å². The van der Waals surface area contributed by atoms with Gasteiger partial charge in [-0.05, 0) is 24.6 Å². The minimum Gasteiger partial charge on any atom is -0.335 e. The minimum atomic E-state index is -0.0935. The predicted octanol–water partition coefficient (Wildman–Crippen LogP) is 0.676. The van der Waals surface area contributed by atoms with Crippen LogP contribution in [0.4, 0.5) is 0 Å². The van der Waals surface area contributed by atoms with E-state index >= 15 is 0 Å². The Bertz CT molecular complexity index is 1040. The molecule has 0 bridgehead atoms. The van der Waals surface area contributed by atoms with Gasteiger partial charge < -0.3 is 10.6 Å². The zero-order valence-corrected chi connectivity index (χ0v) is 14.5. The molecule has 3 heterocycles. The third kappa shape index (κ3) is 2.68. The van der Waals surface area contributed by atoms with Crippen LogP contribution in [0, 0.1) is 0 Å². The largest absolute Gasteiger partial charge is 0.335 e. The van der Waals surface area contributed by atoms with Crippen molar-refractivity contribution in [1.29, 1.82) is 0 Å². The van der Waals surface area contributed by atoms with Crippen molar-refractivity contribution in [1.82, 2.24) is 24.2 Å². The fourth-order valence-electron chi connectivity index (χ4n) is 3.48. The summed E-state index contributed by atoms with van der Waals surface area (Å²) in [5, 5.41) is 4.82. The van der Waals surface area contributed by atoms with Gasteiger partial charge in [0.25, 0.3) is 11.5 Å². The van der Waals surface area contributed by atoms with Gasteiger partial charge in [0.2, 0.25) is 0 Å². The Morgan fingerprint density at radius 2 is 2.15 bits per heavy atom. The topological polar surface area (TPSA) is 99.0 Å². The lowest BCUT2D eigenvalue weighted by atomic mass is 10.2. The van der Waals surface area contributed by atoms with Crippen molar-refractivity contribution in [2.24, 2.45) is 12.8 Å². The quantitative estimate of drug-likeness (QED) is 0.747. The average molecular weight is 352 g/mol. The molecule has 3 aromatic rings. The third-order valence-corrected chi connectivity index (χ3v) is 4.89. The molecular formula is C18H20N6O2. The van der Waals surface area contributed by atoms with E-state index in [1.54, 1.807) is 39.7 Å². The molecule has 0 aliphatic carbocycles. The Hall–Kier alpha value is -3.00. The summed E-state index contributed by atoms with van der Waals surface area (Å²) in [6.07, 6.45) is 2.30. The van der Waals surface area contributed by atoms with Crippen molar-refractivity contribution in [3.05, 3.63) is 58.4 Å². The van der Waals surface area contributed by atoms with E-state index in [9.17, 15) is 9.59 Å². The summed E-state index contributed by atoms with van der Waals surface area (Å²) in [5.74, 6) is -0.0935. The Labute approximate surface area is 149 Å². The van der Waals surface area contributed by atoms with Crippen molar-refractivity contribution < 1.29 is 4.79 Å². The summed E-state index contributed by atoms with van der Waals surface area (Å²) in [4.78, 5) is 31.7. The molecule has 134 valence electrons. The highest BCUT2D eigenvalue weighted by Crippen LogP contribution is 2.22. The highest BCUT2D eigenvalue weighted by molar-refractivity contribution is 5.93. The smallest absolute Gasteiger partial charge is 0.272 e. The van der Waals surface area contributed by atoms with Crippen molar-refractivity contribution in [2.75, 3.05) is 13.1 Å². The van der Waals surface area contributed by atoms with Crippen LogP contribution < -0.4 is 11.3 Å². The number of benzene rings is 1. The number of nitrogens with zero attached hydrogens (tertiary/aromatic N) is 5. The Morgan fingerprint density at radius 3 is 2.92 bits per heavy atom. The number of amides is 1. The maximum atomic E-state index is 12.8. The van der Waals surface area contributed by atoms with Crippen LogP contribution in [0.5, 0.6) is 0 Å². The second-order valence-electron chi connectivity index (χ2n) is 6.52. The van der Waals surface area contributed by atoms with Gasteiger partial charge in [-0.3, -0.25) is 18.8 Å². The van der Waals surface area contributed by atoms with Crippen LogP contribution in [0.25, 0.3) is 10.9 Å². The molecule has 0 saturated carbocycles. The summed E-state index contributed by atoms with van der Waals surface area (Å²) < 4.78 is 3.20. The fraction of sp³-hybridized carbons (Fsp3) is 0.333. The molecule has 8 heteroatoms. The molecule has 4 rings (SSSR count). The first-order valence-electron chi connectivity index (χ1n) is 8.56. The number of fused-ring (bicyclic) bond motifs is 1. The maximum absolute atomic E-state index is 12.8. The molecule has 2 aromatic heterocycles. The first-order chi connectivity index (χ1) is 12.6. The van der Waals surface area contributed by atoms with Crippen molar-refractivity contribution in [3.63, 3.8) is 0 Å². The lowest BCUT2D eigenvalue weighted by molar-refractivity contribution is 0.0776. The molecule has 0 spiro atoms. The molecule has 1 aliphatic heterocycles. The SMILES string of the molecule is Cn1nc(CN)cc1C(=O)N1CCC(n2cnc3ccccc3c2=O)C1. The van der Waals surface area contributed by atoms with Crippen LogP contribution in [0.3, 0.4) is 0 Å². The number of rotatable bonds is 3. The van der Waals surface area contributed by atoms with Gasteiger partial charge in [0, 0.05) is 26.7 Å². The number of carbonyl (C=O) groups excluding carboxylic acids is 1. The first kappa shape index (κ1) is 16.5. The molecule has 1 amide bonds. The molecule has 1 fully saturated rings. The van der Waals surface area contributed by atoms with E-state index in [-0.39, 0.29) is 17.5 Å². The maximum Gasteiger partial charge on any atom is 0.272 e. The molecule has 8 nitrogen and oxygen atoms in total. The number of likely N-dealkylation sites (tertiary alicyclic amines) is 1. The van der Waals surface area contributed by atoms with Crippen molar-refractivity contribution in [2.45, 2.75) is 19.0 Å². The Morgan fingerprint density at radius 1 is 1.35 bits per heavy atom. The summed E-state index contributed by atoms with van der Waals surface area (Å²) in [6, 6.07) is 8.94. The van der Waals surface area contributed by atoms with Gasteiger partial charge in [-0.1, -0.05) is 12.1 Å². The van der Waals surface area contributed by atoms with E-state index in [0.717, 1.165) is 0 Å². The monoisotopic (exact) mass is 352 g/mol. The second-order valence-corrected chi connectivity index (χ2v) is 6.52. The Kier molecular flexibility index (Phi) is 4.04. The first-order valence-corrected chi connectivity index (χ1v) is 8.56. The lowest BCUT2D eigenvalue weighted by Gasteiger charge is -2.17. The summed E-state index contributed by atoms with van der Waals surface area (Å²) in [5.41, 5.74) is 7.41. The van der Waals surface area contributed by atoms with Crippen LogP contribution in [-0.4, -0.2) is 43.2 Å². The second kappa shape index (κ2) is 6.38. The van der Waals surface area contributed by atoms with Gasteiger partial charge in [0.1, 0.15) is 5.69 Å². The van der Waals surface area contributed by atoms with Crippen LogP contribution in [0.2, 0.25) is 0 Å². The molecule has 1 saturated heterocycles. The number of aromatic nitrogens is 4. The molecule has 1 atom stereocenters. The number of hydrogen-bond donors (Lipinski definition) is 1. The highest BCUT2D eigenvalue weighted by Gasteiger charge is 2.30. The van der Waals surface area contributed by atoms with Crippen LogP contribution in [0.15, 0.2) is 41.5 Å². The number of nitrogens with two attached hydrogens (primary N) is 1. The van der Waals surface area contributed by atoms with E-state index in [1.165, 1.54) is 0 Å². The molecule has 1 aliphatic rings. The molecule has 1 aromatic carbocycles. The van der Waals surface area contributed by atoms with E-state index in [2.05, 4.69) is 10.1 Å². The summed E-state index contributed by atoms with van der Waals surface area (Å²) >= 11 is 0. The fourth-order valence-corrected chi connectivity index (χ4v) is 3.48. The van der Waals surface area contributed by atoms with Crippen LogP contribution in [-0.2, 0) is 13.6 Å². The van der Waals surface area contributed by atoms with Crippen molar-refractivity contribution in [3.8, 4) is 0 Å². The summed E-state index contributed by atoms with van der Waals surface area (Å²) in [7, 11) is 1.73. The highest BCUT2D eigenvalue weighted by atomic mass is 16.2. The predicted molar refractivity (Wildman–Crippen MR) is 96.7 cm³/mol. The molecule has 2 N–H and O–H groups in total. The Balaban J connectivity index is 1.59. The van der Waals surface area contributed by atoms with Gasteiger partial charge in [0.05, 0.1) is 29.0 Å². The third-order valence-electron chi connectivity index (χ3n) is 4.89. The normalized spacial score (nSPS) is 17.2. The van der Waals surface area contributed by atoms with E-state index in [0.29, 0.717) is 48.3 Å². The van der Waals surface area contributed by atoms with E-state index in [4.69, 9.17) is 5.73 Å². The van der Waals surface area contributed by atoms with Gasteiger partial charge in [-0.2, -0.15) is 5.10 Å². The molecular weight excluding hydrogens is 332 g/mol. The molecule has 1 unspecified atom stereocenters. The van der Waals surface area contributed by atoms with Gasteiger partial charge >= 0.3 is 0 Å². The number of aryl methyl sites for hydroxylation is 1. The standard InChI is InChI=1S/C18H20N6O2/c1-22-16(8-12(9-19)21-22)18(26)23-7-6-13(10-23)24-11-20-15-5-3-2-4-14(15)17(24)25/h2-5,8,11,13H,6-7,9-10,19H2,1H3. The van der Waals surface area contributed by atoms with Crippen LogP contribution >= 0.6 is 0 Å². The van der Waals surface area contributed by atoms with E-state index < -0.39 is 0 Å². The number of para-hydroxylation sites is 1.